The second-order valence-corrected chi connectivity index (χ2v) is 6.09. The van der Waals surface area contributed by atoms with E-state index in [0.29, 0.717) is 18.8 Å². The molecular weight excluding hydrogens is 329 g/mol. The van der Waals surface area contributed by atoms with Crippen LogP contribution >= 0.6 is 23.2 Å². The second-order valence-electron chi connectivity index (χ2n) is 5.28. The van der Waals surface area contributed by atoms with Crippen molar-refractivity contribution in [3.8, 4) is 0 Å². The van der Waals surface area contributed by atoms with Crippen molar-refractivity contribution in [2.24, 2.45) is 0 Å². The summed E-state index contributed by atoms with van der Waals surface area (Å²) in [4.78, 5) is 10.8. The van der Waals surface area contributed by atoms with Gasteiger partial charge in [-0.25, -0.2) is 0 Å². The lowest BCUT2D eigenvalue weighted by atomic mass is 10.1. The Hall–Kier alpha value is -0.880. The van der Waals surface area contributed by atoms with E-state index in [0.717, 1.165) is 25.7 Å². The fraction of sp³-hybridized carbons (Fsp3) is 0.600. The largest absolute Gasteiger partial charge is 0.348 e. The Bertz CT molecular complexity index is 513. The number of nitro groups is 1. The Kier molecular flexibility index (Phi) is 6.89. The number of halogens is 2. The van der Waals surface area contributed by atoms with E-state index in [1.807, 2.05) is 0 Å². The molecule has 1 saturated heterocycles. The maximum atomic E-state index is 11.3. The van der Waals surface area contributed by atoms with E-state index >= 15 is 0 Å². The van der Waals surface area contributed by atoms with Crippen LogP contribution in [-0.4, -0.2) is 18.1 Å². The number of ether oxygens (including phenoxy) is 2. The van der Waals surface area contributed by atoms with Crippen molar-refractivity contribution in [2.45, 2.75) is 44.8 Å². The monoisotopic (exact) mass is 347 g/mol. The first-order valence-electron chi connectivity index (χ1n) is 7.46. The standard InChI is InChI=1S/C15H19Cl2NO4/c16-12-9-11(14(18(19)20)10-13(12)17)15-21-7-5-3-1-2-4-6-8-22-15/h9-10,15H,1-8H2. The van der Waals surface area contributed by atoms with Crippen molar-refractivity contribution in [2.75, 3.05) is 13.2 Å². The predicted molar refractivity (Wildman–Crippen MR) is 85.5 cm³/mol. The van der Waals surface area contributed by atoms with Crippen LogP contribution in [0.4, 0.5) is 5.69 Å². The first kappa shape index (κ1) is 17.5. The molecule has 0 radical (unpaired) electrons. The Labute approximate surface area is 139 Å². The summed E-state index contributed by atoms with van der Waals surface area (Å²) in [5.74, 6) is 0. The summed E-state index contributed by atoms with van der Waals surface area (Å²) in [7, 11) is 0. The van der Waals surface area contributed by atoms with Gasteiger partial charge in [0.15, 0.2) is 6.29 Å². The highest BCUT2D eigenvalue weighted by molar-refractivity contribution is 6.42. The highest BCUT2D eigenvalue weighted by Gasteiger charge is 2.25. The van der Waals surface area contributed by atoms with Crippen molar-refractivity contribution in [3.05, 3.63) is 37.9 Å². The van der Waals surface area contributed by atoms with Crippen LogP contribution in [0.1, 0.15) is 50.4 Å². The summed E-state index contributed by atoms with van der Waals surface area (Å²) in [6, 6.07) is 2.71. The smallest absolute Gasteiger partial charge is 0.279 e. The van der Waals surface area contributed by atoms with Gasteiger partial charge >= 0.3 is 0 Å². The molecule has 22 heavy (non-hydrogen) atoms. The molecule has 0 N–H and O–H groups in total. The summed E-state index contributed by atoms with van der Waals surface area (Å²) >= 11 is 11.9. The molecule has 0 amide bonds. The zero-order valence-electron chi connectivity index (χ0n) is 12.2. The molecule has 2 rings (SSSR count). The SMILES string of the molecule is O=[N+]([O-])c1cc(Cl)c(Cl)cc1C1OCCCCCCCCO1. The van der Waals surface area contributed by atoms with E-state index in [-0.39, 0.29) is 15.7 Å². The third kappa shape index (κ3) is 4.81. The number of nitrogens with zero attached hydrogens (tertiary/aromatic N) is 1. The molecule has 5 nitrogen and oxygen atoms in total. The number of hydrogen-bond acceptors (Lipinski definition) is 4. The number of benzene rings is 1. The van der Waals surface area contributed by atoms with Crippen LogP contribution in [0.15, 0.2) is 12.1 Å². The average molecular weight is 348 g/mol. The molecule has 0 bridgehead atoms. The Balaban J connectivity index is 2.25. The minimum absolute atomic E-state index is 0.130. The van der Waals surface area contributed by atoms with E-state index in [1.54, 1.807) is 0 Å². The molecule has 0 aromatic heterocycles. The molecule has 122 valence electrons. The minimum Gasteiger partial charge on any atom is -0.348 e. The van der Waals surface area contributed by atoms with Gasteiger partial charge in [0.2, 0.25) is 0 Å². The summed E-state index contributed by atoms with van der Waals surface area (Å²) < 4.78 is 11.4. The molecule has 0 saturated carbocycles. The van der Waals surface area contributed by atoms with Crippen molar-refractivity contribution < 1.29 is 14.4 Å². The maximum absolute atomic E-state index is 11.3. The van der Waals surface area contributed by atoms with Gasteiger partial charge in [-0.3, -0.25) is 10.1 Å². The fourth-order valence-corrected chi connectivity index (χ4v) is 2.75. The van der Waals surface area contributed by atoms with Gasteiger partial charge in [0.1, 0.15) is 0 Å². The average Bonchev–Trinajstić information content (AvgIpc) is 2.54. The van der Waals surface area contributed by atoms with Gasteiger partial charge in [0, 0.05) is 6.07 Å². The van der Waals surface area contributed by atoms with Gasteiger partial charge in [0.25, 0.3) is 5.69 Å². The third-order valence-electron chi connectivity index (χ3n) is 3.60. The quantitative estimate of drug-likeness (QED) is 0.538. The van der Waals surface area contributed by atoms with Crippen molar-refractivity contribution >= 4 is 28.9 Å². The molecule has 7 heteroatoms. The lowest BCUT2D eigenvalue weighted by Crippen LogP contribution is -2.13. The summed E-state index contributed by atoms with van der Waals surface area (Å²) in [6.07, 6.45) is 5.59. The van der Waals surface area contributed by atoms with Crippen LogP contribution in [0.2, 0.25) is 10.0 Å². The molecule has 1 aliphatic rings. The van der Waals surface area contributed by atoms with Crippen LogP contribution in [0.5, 0.6) is 0 Å². The first-order chi connectivity index (χ1) is 10.6. The molecule has 1 aromatic carbocycles. The number of rotatable bonds is 2. The molecule has 0 unspecified atom stereocenters. The zero-order chi connectivity index (χ0) is 15.9. The maximum Gasteiger partial charge on any atom is 0.279 e. The van der Waals surface area contributed by atoms with Crippen LogP contribution in [0.25, 0.3) is 0 Å². The van der Waals surface area contributed by atoms with Gasteiger partial charge in [-0.15, -0.1) is 0 Å². The van der Waals surface area contributed by atoms with Crippen LogP contribution in [0.3, 0.4) is 0 Å². The van der Waals surface area contributed by atoms with Crippen LogP contribution < -0.4 is 0 Å². The Morgan fingerprint density at radius 2 is 1.45 bits per heavy atom. The van der Waals surface area contributed by atoms with E-state index in [9.17, 15) is 10.1 Å². The number of nitro benzene ring substituents is 1. The molecule has 0 atom stereocenters. The van der Waals surface area contributed by atoms with Gasteiger partial charge in [-0.2, -0.15) is 0 Å². The van der Waals surface area contributed by atoms with Gasteiger partial charge in [-0.1, -0.05) is 48.9 Å². The van der Waals surface area contributed by atoms with E-state index in [2.05, 4.69) is 0 Å². The minimum atomic E-state index is -0.784. The summed E-state index contributed by atoms with van der Waals surface area (Å²) in [5, 5.41) is 11.7. The highest BCUT2D eigenvalue weighted by Crippen LogP contribution is 2.36. The molecule has 1 aliphatic heterocycles. The molecule has 0 aliphatic carbocycles. The van der Waals surface area contributed by atoms with Crippen LogP contribution in [-0.2, 0) is 9.47 Å². The zero-order valence-corrected chi connectivity index (χ0v) is 13.7. The molecule has 1 aromatic rings. The fourth-order valence-electron chi connectivity index (χ4n) is 2.42. The van der Waals surface area contributed by atoms with E-state index in [4.69, 9.17) is 32.7 Å². The van der Waals surface area contributed by atoms with Gasteiger partial charge in [0.05, 0.1) is 33.7 Å². The van der Waals surface area contributed by atoms with E-state index in [1.165, 1.54) is 25.0 Å². The summed E-state index contributed by atoms with van der Waals surface area (Å²) in [5.41, 5.74) is 0.188. The Morgan fingerprint density at radius 3 is 2.00 bits per heavy atom. The molecule has 1 heterocycles. The normalized spacial score (nSPS) is 18.6. The second kappa shape index (κ2) is 8.67. The Morgan fingerprint density at radius 1 is 0.955 bits per heavy atom. The van der Waals surface area contributed by atoms with Crippen molar-refractivity contribution in [1.29, 1.82) is 0 Å². The van der Waals surface area contributed by atoms with Crippen LogP contribution in [0, 0.1) is 10.1 Å². The predicted octanol–water partition coefficient (Wildman–Crippen LogP) is 5.29. The number of hydrogen-bond donors (Lipinski definition) is 0. The third-order valence-corrected chi connectivity index (χ3v) is 4.32. The lowest BCUT2D eigenvalue weighted by Gasteiger charge is -2.19. The highest BCUT2D eigenvalue weighted by atomic mass is 35.5. The van der Waals surface area contributed by atoms with Crippen molar-refractivity contribution in [1.82, 2.24) is 0 Å². The summed E-state index contributed by atoms with van der Waals surface area (Å²) in [6.45, 7) is 1.00. The van der Waals surface area contributed by atoms with E-state index < -0.39 is 11.2 Å². The lowest BCUT2D eigenvalue weighted by molar-refractivity contribution is -0.387. The molecule has 0 spiro atoms. The van der Waals surface area contributed by atoms with Gasteiger partial charge in [-0.05, 0) is 18.9 Å². The van der Waals surface area contributed by atoms with Crippen molar-refractivity contribution in [3.63, 3.8) is 0 Å². The topological polar surface area (TPSA) is 61.6 Å². The first-order valence-corrected chi connectivity index (χ1v) is 8.21. The molecular formula is C15H19Cl2NO4. The van der Waals surface area contributed by atoms with Gasteiger partial charge < -0.3 is 9.47 Å². The molecule has 1 fully saturated rings.